The zero-order chi connectivity index (χ0) is 12.3. The number of thiophene rings is 1. The lowest BCUT2D eigenvalue weighted by Gasteiger charge is -2.05. The molecule has 0 radical (unpaired) electrons. The van der Waals surface area contributed by atoms with E-state index in [1.165, 1.54) is 11.3 Å². The van der Waals surface area contributed by atoms with Crippen molar-refractivity contribution in [1.82, 2.24) is 0 Å². The number of rotatable bonds is 3. The van der Waals surface area contributed by atoms with E-state index in [1.807, 2.05) is 0 Å². The molecule has 17 heavy (non-hydrogen) atoms. The summed E-state index contributed by atoms with van der Waals surface area (Å²) in [6, 6.07) is 8.84. The van der Waals surface area contributed by atoms with Gasteiger partial charge in [-0.15, -0.1) is 11.3 Å². The first-order valence-electron chi connectivity index (χ1n) is 4.99. The van der Waals surface area contributed by atoms with Gasteiger partial charge in [-0.1, -0.05) is 0 Å². The predicted octanol–water partition coefficient (Wildman–Crippen LogP) is 2.59. The van der Waals surface area contributed by atoms with Crippen LogP contribution in [-0.4, -0.2) is 13.0 Å². The number of methoxy groups -OCH3 is 1. The van der Waals surface area contributed by atoms with E-state index in [0.717, 1.165) is 5.75 Å². The van der Waals surface area contributed by atoms with Crippen molar-refractivity contribution in [3.63, 3.8) is 0 Å². The van der Waals surface area contributed by atoms with Crippen molar-refractivity contribution in [3.8, 4) is 5.75 Å². The summed E-state index contributed by atoms with van der Waals surface area (Å²) in [6.07, 6.45) is 0. The molecule has 1 aromatic heterocycles. The van der Waals surface area contributed by atoms with Crippen molar-refractivity contribution in [2.45, 2.75) is 0 Å². The monoisotopic (exact) mass is 248 g/mol. The Bertz CT molecular complexity index is 520. The second kappa shape index (κ2) is 4.88. The third-order valence-electron chi connectivity index (χ3n) is 2.25. The molecule has 1 heterocycles. The number of carbonyl (C=O) groups is 1. The molecule has 0 saturated heterocycles. The van der Waals surface area contributed by atoms with E-state index in [2.05, 4.69) is 5.32 Å². The van der Waals surface area contributed by atoms with Crippen LogP contribution in [-0.2, 0) is 0 Å². The van der Waals surface area contributed by atoms with E-state index in [0.29, 0.717) is 16.3 Å². The Morgan fingerprint density at radius 2 is 2.00 bits per heavy atom. The van der Waals surface area contributed by atoms with Crippen LogP contribution in [0.25, 0.3) is 0 Å². The molecule has 0 aliphatic carbocycles. The van der Waals surface area contributed by atoms with Gasteiger partial charge in [0.15, 0.2) is 0 Å². The van der Waals surface area contributed by atoms with Gasteiger partial charge in [0.1, 0.15) is 10.6 Å². The van der Waals surface area contributed by atoms with Crippen LogP contribution in [0.2, 0.25) is 0 Å². The molecule has 0 bridgehead atoms. The fourth-order valence-corrected chi connectivity index (χ4v) is 2.08. The average Bonchev–Trinajstić information content (AvgIpc) is 2.76. The molecule has 0 atom stereocenters. The topological polar surface area (TPSA) is 64.3 Å². The van der Waals surface area contributed by atoms with E-state index in [1.54, 1.807) is 42.8 Å². The molecule has 4 nitrogen and oxygen atoms in total. The second-order valence-corrected chi connectivity index (χ2v) is 4.30. The number of carbonyl (C=O) groups excluding carboxylic acids is 1. The Labute approximate surface area is 103 Å². The summed E-state index contributed by atoms with van der Waals surface area (Å²) in [5, 5.41) is 4.56. The summed E-state index contributed by atoms with van der Waals surface area (Å²) in [5.41, 5.74) is 6.88. The van der Waals surface area contributed by atoms with E-state index < -0.39 is 0 Å². The molecule has 5 heteroatoms. The zero-order valence-corrected chi connectivity index (χ0v) is 10.1. The van der Waals surface area contributed by atoms with Crippen LogP contribution in [0.3, 0.4) is 0 Å². The first kappa shape index (κ1) is 11.5. The largest absolute Gasteiger partial charge is 0.497 e. The maximum Gasteiger partial charge on any atom is 0.267 e. The lowest BCUT2D eigenvalue weighted by molar-refractivity contribution is 0.103. The highest BCUT2D eigenvalue weighted by Gasteiger charge is 2.10. The van der Waals surface area contributed by atoms with Crippen LogP contribution < -0.4 is 15.8 Å². The number of benzene rings is 1. The fraction of sp³-hybridized carbons (Fsp3) is 0.0833. The summed E-state index contributed by atoms with van der Waals surface area (Å²) >= 11 is 1.32. The molecule has 2 aromatic rings. The quantitative estimate of drug-likeness (QED) is 0.877. The molecule has 3 N–H and O–H groups in total. The number of hydrogen-bond acceptors (Lipinski definition) is 4. The molecule has 0 saturated carbocycles. The van der Waals surface area contributed by atoms with Crippen molar-refractivity contribution in [2.24, 2.45) is 0 Å². The summed E-state index contributed by atoms with van der Waals surface area (Å²) in [7, 11) is 1.60. The average molecular weight is 248 g/mol. The zero-order valence-electron chi connectivity index (χ0n) is 9.27. The van der Waals surface area contributed by atoms with E-state index in [4.69, 9.17) is 10.5 Å². The normalized spacial score (nSPS) is 9.94. The number of amides is 1. The van der Waals surface area contributed by atoms with Crippen LogP contribution in [0.4, 0.5) is 11.4 Å². The van der Waals surface area contributed by atoms with Crippen LogP contribution in [0.15, 0.2) is 35.7 Å². The van der Waals surface area contributed by atoms with Crippen LogP contribution in [0.5, 0.6) is 5.75 Å². The maximum atomic E-state index is 11.8. The summed E-state index contributed by atoms with van der Waals surface area (Å²) in [6.45, 7) is 0. The minimum absolute atomic E-state index is 0.192. The molecular formula is C12H12N2O2S. The Hall–Kier alpha value is -2.01. The van der Waals surface area contributed by atoms with Gasteiger partial charge in [0.25, 0.3) is 5.91 Å². The van der Waals surface area contributed by atoms with Gasteiger partial charge in [-0.2, -0.15) is 0 Å². The van der Waals surface area contributed by atoms with Gasteiger partial charge in [0.05, 0.1) is 12.8 Å². The number of nitrogens with one attached hydrogen (secondary N) is 1. The molecule has 1 aromatic carbocycles. The molecule has 0 unspecified atom stereocenters. The third kappa shape index (κ3) is 2.57. The van der Waals surface area contributed by atoms with Crippen molar-refractivity contribution in [3.05, 3.63) is 40.6 Å². The molecule has 0 spiro atoms. The standard InChI is InChI=1S/C12H12N2O2S/c1-16-9-4-2-8(3-5-9)14-12(15)11-10(13)6-7-17-11/h2-7H,13H2,1H3,(H,14,15). The van der Waals surface area contributed by atoms with Crippen molar-refractivity contribution >= 4 is 28.6 Å². The molecule has 1 amide bonds. The number of hydrogen-bond donors (Lipinski definition) is 2. The second-order valence-electron chi connectivity index (χ2n) is 3.39. The lowest BCUT2D eigenvalue weighted by Crippen LogP contribution is -2.11. The van der Waals surface area contributed by atoms with Crippen LogP contribution in [0, 0.1) is 0 Å². The van der Waals surface area contributed by atoms with Gasteiger partial charge < -0.3 is 15.8 Å². The maximum absolute atomic E-state index is 11.8. The smallest absolute Gasteiger partial charge is 0.267 e. The SMILES string of the molecule is COc1ccc(NC(=O)c2sccc2N)cc1. The Kier molecular flexibility index (Phi) is 3.30. The number of nitrogen functional groups attached to an aromatic ring is 1. The molecule has 0 fully saturated rings. The van der Waals surface area contributed by atoms with Gasteiger partial charge in [-0.3, -0.25) is 4.79 Å². The first-order valence-corrected chi connectivity index (χ1v) is 5.87. The van der Waals surface area contributed by atoms with E-state index >= 15 is 0 Å². The fourth-order valence-electron chi connectivity index (χ4n) is 1.37. The third-order valence-corrected chi connectivity index (χ3v) is 3.18. The van der Waals surface area contributed by atoms with Gasteiger partial charge >= 0.3 is 0 Å². The van der Waals surface area contributed by atoms with Gasteiger partial charge in [0, 0.05) is 5.69 Å². The predicted molar refractivity (Wildman–Crippen MR) is 69.7 cm³/mol. The highest BCUT2D eigenvalue weighted by atomic mass is 32.1. The van der Waals surface area contributed by atoms with Crippen LogP contribution in [0.1, 0.15) is 9.67 Å². The Morgan fingerprint density at radius 1 is 1.29 bits per heavy atom. The Balaban J connectivity index is 2.10. The van der Waals surface area contributed by atoms with Crippen molar-refractivity contribution in [2.75, 3.05) is 18.2 Å². The number of ether oxygens (including phenoxy) is 1. The Morgan fingerprint density at radius 3 is 2.53 bits per heavy atom. The lowest BCUT2D eigenvalue weighted by atomic mass is 10.3. The molecule has 0 aliphatic heterocycles. The summed E-state index contributed by atoms with van der Waals surface area (Å²) < 4.78 is 5.03. The van der Waals surface area contributed by atoms with Crippen molar-refractivity contribution < 1.29 is 9.53 Å². The number of anilines is 2. The molecule has 2 rings (SSSR count). The van der Waals surface area contributed by atoms with Gasteiger partial charge in [-0.25, -0.2) is 0 Å². The molecular weight excluding hydrogens is 236 g/mol. The van der Waals surface area contributed by atoms with E-state index in [9.17, 15) is 4.79 Å². The minimum atomic E-state index is -0.192. The minimum Gasteiger partial charge on any atom is -0.497 e. The highest BCUT2D eigenvalue weighted by molar-refractivity contribution is 7.12. The summed E-state index contributed by atoms with van der Waals surface area (Å²) in [5.74, 6) is 0.557. The van der Waals surface area contributed by atoms with Gasteiger partial charge in [0.2, 0.25) is 0 Å². The first-order chi connectivity index (χ1) is 8.20. The van der Waals surface area contributed by atoms with Gasteiger partial charge in [-0.05, 0) is 35.7 Å². The van der Waals surface area contributed by atoms with E-state index in [-0.39, 0.29) is 5.91 Å². The number of nitrogens with two attached hydrogens (primary N) is 1. The van der Waals surface area contributed by atoms with Crippen molar-refractivity contribution in [1.29, 1.82) is 0 Å². The molecule has 88 valence electrons. The molecule has 0 aliphatic rings. The highest BCUT2D eigenvalue weighted by Crippen LogP contribution is 2.21. The summed E-state index contributed by atoms with van der Waals surface area (Å²) in [4.78, 5) is 12.4. The van der Waals surface area contributed by atoms with Crippen LogP contribution >= 0.6 is 11.3 Å².